The van der Waals surface area contributed by atoms with E-state index in [2.05, 4.69) is 5.32 Å². The van der Waals surface area contributed by atoms with E-state index in [1.807, 2.05) is 22.6 Å². The summed E-state index contributed by atoms with van der Waals surface area (Å²) >= 11 is 1.93. The third-order valence-corrected chi connectivity index (χ3v) is 3.59. The average Bonchev–Trinajstić information content (AvgIpc) is 2.45. The molecule has 0 aliphatic rings. The van der Waals surface area contributed by atoms with Crippen LogP contribution in [-0.4, -0.2) is 24.9 Å². The molecule has 0 aliphatic heterocycles. The lowest BCUT2D eigenvalue weighted by molar-refractivity contribution is 0.0828. The van der Waals surface area contributed by atoms with Crippen molar-refractivity contribution in [3.05, 3.63) is 56.9 Å². The molecule has 0 aliphatic carbocycles. The summed E-state index contributed by atoms with van der Waals surface area (Å²) in [4.78, 5) is 13.3. The number of hydrogen-bond donors (Lipinski definition) is 1. The molecule has 1 N–H and O–H groups in total. The van der Waals surface area contributed by atoms with Gasteiger partial charge in [0.25, 0.3) is 5.91 Å². The maximum absolute atomic E-state index is 14.1. The quantitative estimate of drug-likeness (QED) is 0.757. The van der Waals surface area contributed by atoms with Crippen molar-refractivity contribution in [3.8, 4) is 0 Å². The van der Waals surface area contributed by atoms with E-state index in [0.29, 0.717) is 3.57 Å². The molecule has 0 spiro atoms. The summed E-state index contributed by atoms with van der Waals surface area (Å²) in [5, 5.41) is 2.47. The second kappa shape index (κ2) is 6.55. The number of halogens is 4. The van der Waals surface area contributed by atoms with Gasteiger partial charge < -0.3 is 10.2 Å². The van der Waals surface area contributed by atoms with Gasteiger partial charge in [-0.25, -0.2) is 13.2 Å². The SMILES string of the molecule is CN(C)C(=O)c1ccc(F)c(F)c1Nc1ccc(I)cc1F. The topological polar surface area (TPSA) is 32.3 Å². The standard InChI is InChI=1S/C15H12F3IN2O/c1-21(2)15(22)9-4-5-10(16)13(18)14(9)20-12-6-3-8(19)7-11(12)17/h3-7,20H,1-2H3. The summed E-state index contributed by atoms with van der Waals surface area (Å²) in [5.74, 6) is -3.50. The van der Waals surface area contributed by atoms with Crippen LogP contribution in [0.15, 0.2) is 30.3 Å². The monoisotopic (exact) mass is 420 g/mol. The summed E-state index contributed by atoms with van der Waals surface area (Å²) in [7, 11) is 2.97. The van der Waals surface area contributed by atoms with Gasteiger partial charge in [-0.3, -0.25) is 4.79 Å². The van der Waals surface area contributed by atoms with Crippen LogP contribution in [0, 0.1) is 21.0 Å². The Labute approximate surface area is 139 Å². The third-order valence-electron chi connectivity index (χ3n) is 2.92. The van der Waals surface area contributed by atoms with Gasteiger partial charge in [0, 0.05) is 17.7 Å². The Hall–Kier alpha value is -1.77. The molecular weight excluding hydrogens is 408 g/mol. The number of anilines is 2. The molecule has 0 aromatic heterocycles. The summed E-state index contributed by atoms with van der Waals surface area (Å²) in [6.45, 7) is 0. The van der Waals surface area contributed by atoms with Crippen molar-refractivity contribution in [1.29, 1.82) is 0 Å². The van der Waals surface area contributed by atoms with Gasteiger partial charge in [-0.1, -0.05) is 0 Å². The van der Waals surface area contributed by atoms with Crippen molar-refractivity contribution in [3.63, 3.8) is 0 Å². The van der Waals surface area contributed by atoms with Gasteiger partial charge in [0.2, 0.25) is 0 Å². The first-order valence-electron chi connectivity index (χ1n) is 6.23. The fraction of sp³-hybridized carbons (Fsp3) is 0.133. The van der Waals surface area contributed by atoms with Crippen LogP contribution in [0.2, 0.25) is 0 Å². The van der Waals surface area contributed by atoms with Gasteiger partial charge in [-0.05, 0) is 52.9 Å². The molecule has 0 unspecified atom stereocenters. The highest BCUT2D eigenvalue weighted by Crippen LogP contribution is 2.29. The van der Waals surface area contributed by atoms with E-state index in [9.17, 15) is 18.0 Å². The lowest BCUT2D eigenvalue weighted by Gasteiger charge is -2.16. The Morgan fingerprint density at radius 1 is 1.09 bits per heavy atom. The van der Waals surface area contributed by atoms with Gasteiger partial charge in [-0.2, -0.15) is 0 Å². The molecule has 0 atom stereocenters. The van der Waals surface area contributed by atoms with E-state index >= 15 is 0 Å². The molecule has 22 heavy (non-hydrogen) atoms. The number of carbonyl (C=O) groups excluding carboxylic acids is 1. The van der Waals surface area contributed by atoms with E-state index in [0.717, 1.165) is 12.1 Å². The predicted molar refractivity (Wildman–Crippen MR) is 86.8 cm³/mol. The molecular formula is C15H12F3IN2O. The Morgan fingerprint density at radius 2 is 1.77 bits per heavy atom. The third kappa shape index (κ3) is 3.34. The van der Waals surface area contributed by atoms with Crippen LogP contribution in [0.3, 0.4) is 0 Å². The van der Waals surface area contributed by atoms with Gasteiger partial charge in [0.05, 0.1) is 16.9 Å². The lowest BCUT2D eigenvalue weighted by atomic mass is 10.1. The first kappa shape index (κ1) is 16.6. The fourth-order valence-electron chi connectivity index (χ4n) is 1.82. The number of hydrogen-bond acceptors (Lipinski definition) is 2. The van der Waals surface area contributed by atoms with Crippen LogP contribution in [0.25, 0.3) is 0 Å². The fourth-order valence-corrected chi connectivity index (χ4v) is 2.27. The van der Waals surface area contributed by atoms with E-state index < -0.39 is 23.4 Å². The van der Waals surface area contributed by atoms with E-state index in [1.165, 1.54) is 31.1 Å². The number of nitrogens with zero attached hydrogens (tertiary/aromatic N) is 1. The molecule has 0 bridgehead atoms. The normalized spacial score (nSPS) is 10.5. The van der Waals surface area contributed by atoms with Crippen molar-refractivity contribution in [2.45, 2.75) is 0 Å². The lowest BCUT2D eigenvalue weighted by Crippen LogP contribution is -2.23. The molecule has 116 valence electrons. The van der Waals surface area contributed by atoms with Crippen LogP contribution < -0.4 is 5.32 Å². The second-order valence-electron chi connectivity index (χ2n) is 4.73. The van der Waals surface area contributed by atoms with Crippen molar-refractivity contribution in [1.82, 2.24) is 4.90 Å². The minimum absolute atomic E-state index is 0.0438. The molecule has 0 fully saturated rings. The molecule has 2 aromatic rings. The molecule has 0 saturated carbocycles. The highest BCUT2D eigenvalue weighted by molar-refractivity contribution is 14.1. The highest BCUT2D eigenvalue weighted by atomic mass is 127. The van der Waals surface area contributed by atoms with Gasteiger partial charge in [0.15, 0.2) is 11.6 Å². The van der Waals surface area contributed by atoms with Crippen molar-refractivity contribution >= 4 is 39.9 Å². The number of nitrogens with one attached hydrogen (secondary N) is 1. The highest BCUT2D eigenvalue weighted by Gasteiger charge is 2.21. The smallest absolute Gasteiger partial charge is 0.255 e. The first-order valence-corrected chi connectivity index (χ1v) is 7.31. The van der Waals surface area contributed by atoms with Crippen LogP contribution >= 0.6 is 22.6 Å². The van der Waals surface area contributed by atoms with Crippen molar-refractivity contribution in [2.24, 2.45) is 0 Å². The first-order chi connectivity index (χ1) is 10.3. The molecule has 0 saturated heterocycles. The maximum Gasteiger partial charge on any atom is 0.255 e. The summed E-state index contributed by atoms with van der Waals surface area (Å²) in [6, 6.07) is 6.27. The second-order valence-corrected chi connectivity index (χ2v) is 5.98. The molecule has 1 amide bonds. The van der Waals surface area contributed by atoms with Crippen LogP contribution in [-0.2, 0) is 0 Å². The van der Waals surface area contributed by atoms with Gasteiger partial charge in [0.1, 0.15) is 5.82 Å². The van der Waals surface area contributed by atoms with Crippen LogP contribution in [0.5, 0.6) is 0 Å². The number of rotatable bonds is 3. The van der Waals surface area contributed by atoms with Crippen LogP contribution in [0.4, 0.5) is 24.5 Å². The molecule has 3 nitrogen and oxygen atoms in total. The Kier molecular flexibility index (Phi) is 4.94. The molecule has 2 aromatic carbocycles. The zero-order valence-electron chi connectivity index (χ0n) is 11.8. The van der Waals surface area contributed by atoms with E-state index in [4.69, 9.17) is 0 Å². The number of benzene rings is 2. The van der Waals surface area contributed by atoms with Gasteiger partial charge in [-0.15, -0.1) is 0 Å². The van der Waals surface area contributed by atoms with E-state index in [-0.39, 0.29) is 16.9 Å². The number of carbonyl (C=O) groups is 1. The minimum Gasteiger partial charge on any atom is -0.350 e. The number of amides is 1. The Balaban J connectivity index is 2.53. The zero-order chi connectivity index (χ0) is 16.4. The molecule has 0 heterocycles. The summed E-state index contributed by atoms with van der Waals surface area (Å²) in [6.07, 6.45) is 0. The minimum atomic E-state index is -1.23. The molecule has 0 radical (unpaired) electrons. The van der Waals surface area contributed by atoms with Crippen LogP contribution in [0.1, 0.15) is 10.4 Å². The summed E-state index contributed by atoms with van der Waals surface area (Å²) in [5.41, 5.74) is -0.515. The molecule has 2 rings (SSSR count). The van der Waals surface area contributed by atoms with Crippen molar-refractivity contribution < 1.29 is 18.0 Å². The van der Waals surface area contributed by atoms with Crippen molar-refractivity contribution in [2.75, 3.05) is 19.4 Å². The largest absolute Gasteiger partial charge is 0.350 e. The zero-order valence-corrected chi connectivity index (χ0v) is 13.9. The average molecular weight is 420 g/mol. The molecule has 7 heteroatoms. The van der Waals surface area contributed by atoms with E-state index in [1.54, 1.807) is 6.07 Å². The predicted octanol–water partition coefficient (Wildman–Crippen LogP) is 4.15. The maximum atomic E-state index is 14.1. The summed E-state index contributed by atoms with van der Waals surface area (Å²) < 4.78 is 42.0. The van der Waals surface area contributed by atoms with Gasteiger partial charge >= 0.3 is 0 Å². The Morgan fingerprint density at radius 3 is 2.36 bits per heavy atom. The Bertz CT molecular complexity index is 735.